The third-order valence-corrected chi connectivity index (χ3v) is 4.20. The summed E-state index contributed by atoms with van der Waals surface area (Å²) in [4.78, 5) is 18.9. The highest BCUT2D eigenvalue weighted by atomic mass is 16.5. The largest absolute Gasteiger partial charge is 0.383 e. The summed E-state index contributed by atoms with van der Waals surface area (Å²) in [5.74, 6) is 0.165. The maximum Gasteiger partial charge on any atom is 0.228 e. The summed E-state index contributed by atoms with van der Waals surface area (Å²) >= 11 is 0. The van der Waals surface area contributed by atoms with Gasteiger partial charge in [0.15, 0.2) is 0 Å². The summed E-state index contributed by atoms with van der Waals surface area (Å²) in [5.41, 5.74) is 2.99. The van der Waals surface area contributed by atoms with E-state index in [1.165, 1.54) is 0 Å². The number of imidazole rings is 1. The Kier molecular flexibility index (Phi) is 3.92. The summed E-state index contributed by atoms with van der Waals surface area (Å²) in [6, 6.07) is 4.24. The van der Waals surface area contributed by atoms with Crippen LogP contribution in [0, 0.1) is 6.92 Å². The molecule has 0 saturated carbocycles. The molecule has 0 radical (unpaired) electrons. The normalized spacial score (nSPS) is 18.6. The molecule has 1 aliphatic heterocycles. The second-order valence-corrected chi connectivity index (χ2v) is 5.65. The molecule has 3 heterocycles. The van der Waals surface area contributed by atoms with Crippen LogP contribution >= 0.6 is 0 Å². The molecule has 3 rings (SSSR count). The van der Waals surface area contributed by atoms with Crippen LogP contribution in [0.5, 0.6) is 0 Å². The van der Waals surface area contributed by atoms with Crippen LogP contribution < -0.4 is 0 Å². The molecule has 1 atom stereocenters. The molecule has 1 fully saturated rings. The lowest BCUT2D eigenvalue weighted by Crippen LogP contribution is -2.39. The Morgan fingerprint density at radius 2 is 2.38 bits per heavy atom. The summed E-state index contributed by atoms with van der Waals surface area (Å²) in [6.45, 7) is 3.49. The van der Waals surface area contributed by atoms with E-state index >= 15 is 0 Å². The van der Waals surface area contributed by atoms with Gasteiger partial charge in [-0.2, -0.15) is 0 Å². The van der Waals surface area contributed by atoms with E-state index in [9.17, 15) is 4.79 Å². The lowest BCUT2D eigenvalue weighted by Gasteiger charge is -2.24. The third-order valence-electron chi connectivity index (χ3n) is 4.20. The third kappa shape index (κ3) is 2.65. The van der Waals surface area contributed by atoms with Gasteiger partial charge in [0.1, 0.15) is 5.65 Å². The van der Waals surface area contributed by atoms with E-state index < -0.39 is 0 Å². The molecule has 0 bridgehead atoms. The molecule has 21 heavy (non-hydrogen) atoms. The van der Waals surface area contributed by atoms with Gasteiger partial charge < -0.3 is 14.0 Å². The van der Waals surface area contributed by atoms with Gasteiger partial charge in [0.2, 0.25) is 5.91 Å². The summed E-state index contributed by atoms with van der Waals surface area (Å²) < 4.78 is 7.22. The maximum atomic E-state index is 12.6. The number of carbonyl (C=O) groups excluding carboxylic acids is 1. The topological polar surface area (TPSA) is 46.8 Å². The number of fused-ring (bicyclic) bond motifs is 1. The van der Waals surface area contributed by atoms with Crippen molar-refractivity contribution in [3.05, 3.63) is 35.8 Å². The smallest absolute Gasteiger partial charge is 0.228 e. The zero-order valence-corrected chi connectivity index (χ0v) is 12.6. The Hall–Kier alpha value is -1.88. The Morgan fingerprint density at radius 1 is 1.52 bits per heavy atom. The molecule has 5 nitrogen and oxygen atoms in total. The number of nitrogens with zero attached hydrogens (tertiary/aromatic N) is 3. The fourth-order valence-corrected chi connectivity index (χ4v) is 3.12. The van der Waals surface area contributed by atoms with Gasteiger partial charge in [-0.3, -0.25) is 4.79 Å². The standard InChI is InChI=1S/C16H21N3O2/c1-12-5-3-8-19-14(10-17-16(12)19)9-15(20)18-7-4-6-13(18)11-21-2/h3,5,8,10,13H,4,6-7,9,11H2,1-2H3/t13-/m1/s1. The summed E-state index contributed by atoms with van der Waals surface area (Å²) in [7, 11) is 1.69. The van der Waals surface area contributed by atoms with Crippen molar-refractivity contribution < 1.29 is 9.53 Å². The van der Waals surface area contributed by atoms with Crippen LogP contribution in [0.15, 0.2) is 24.5 Å². The zero-order chi connectivity index (χ0) is 14.8. The number of likely N-dealkylation sites (tertiary alicyclic amines) is 1. The Bertz CT molecular complexity index is 650. The van der Waals surface area contributed by atoms with E-state index in [0.29, 0.717) is 13.0 Å². The van der Waals surface area contributed by atoms with Gasteiger partial charge in [0.25, 0.3) is 0 Å². The highest BCUT2D eigenvalue weighted by Gasteiger charge is 2.28. The molecule has 1 amide bonds. The number of aromatic nitrogens is 2. The number of pyridine rings is 1. The second kappa shape index (κ2) is 5.85. The van der Waals surface area contributed by atoms with Crippen molar-refractivity contribution in [1.29, 1.82) is 0 Å². The van der Waals surface area contributed by atoms with Crippen LogP contribution in [0.3, 0.4) is 0 Å². The van der Waals surface area contributed by atoms with E-state index in [2.05, 4.69) is 4.98 Å². The Morgan fingerprint density at radius 3 is 3.19 bits per heavy atom. The van der Waals surface area contributed by atoms with Crippen molar-refractivity contribution in [2.24, 2.45) is 0 Å². The maximum absolute atomic E-state index is 12.6. The predicted octanol–water partition coefficient (Wildman–Crippen LogP) is 1.82. The van der Waals surface area contributed by atoms with Gasteiger partial charge in [0.05, 0.1) is 24.8 Å². The zero-order valence-electron chi connectivity index (χ0n) is 12.6. The minimum Gasteiger partial charge on any atom is -0.383 e. The molecule has 2 aromatic heterocycles. The van der Waals surface area contributed by atoms with Crippen molar-refractivity contribution in [2.75, 3.05) is 20.3 Å². The first-order valence-electron chi connectivity index (χ1n) is 7.40. The molecular formula is C16H21N3O2. The van der Waals surface area contributed by atoms with E-state index in [0.717, 1.165) is 36.3 Å². The number of methoxy groups -OCH3 is 1. The van der Waals surface area contributed by atoms with E-state index in [1.807, 2.05) is 40.8 Å². The average Bonchev–Trinajstić information content (AvgIpc) is 3.08. The van der Waals surface area contributed by atoms with Crippen LogP contribution in [0.25, 0.3) is 5.65 Å². The minimum atomic E-state index is 0.165. The first-order valence-corrected chi connectivity index (χ1v) is 7.40. The quantitative estimate of drug-likeness (QED) is 0.862. The lowest BCUT2D eigenvalue weighted by molar-refractivity contribution is -0.132. The lowest BCUT2D eigenvalue weighted by atomic mass is 10.2. The summed E-state index contributed by atoms with van der Waals surface area (Å²) in [6.07, 6.45) is 6.26. The van der Waals surface area contributed by atoms with E-state index in [1.54, 1.807) is 7.11 Å². The van der Waals surface area contributed by atoms with Gasteiger partial charge in [0, 0.05) is 26.0 Å². The number of amides is 1. The van der Waals surface area contributed by atoms with Crippen LogP contribution in [-0.4, -0.2) is 46.5 Å². The number of hydrogen-bond acceptors (Lipinski definition) is 3. The minimum absolute atomic E-state index is 0.165. The van der Waals surface area contributed by atoms with E-state index in [-0.39, 0.29) is 11.9 Å². The van der Waals surface area contributed by atoms with Crippen molar-refractivity contribution in [3.8, 4) is 0 Å². The van der Waals surface area contributed by atoms with Crippen LogP contribution in [0.2, 0.25) is 0 Å². The fraction of sp³-hybridized carbons (Fsp3) is 0.500. The molecule has 2 aromatic rings. The number of hydrogen-bond donors (Lipinski definition) is 0. The van der Waals surface area contributed by atoms with Gasteiger partial charge in [-0.25, -0.2) is 4.98 Å². The molecule has 5 heteroatoms. The second-order valence-electron chi connectivity index (χ2n) is 5.65. The monoisotopic (exact) mass is 287 g/mol. The molecule has 0 aliphatic carbocycles. The average molecular weight is 287 g/mol. The van der Waals surface area contributed by atoms with Crippen LogP contribution in [0.4, 0.5) is 0 Å². The number of ether oxygens (including phenoxy) is 1. The van der Waals surface area contributed by atoms with Crippen LogP contribution in [0.1, 0.15) is 24.1 Å². The predicted molar refractivity (Wildman–Crippen MR) is 80.2 cm³/mol. The fourth-order valence-electron chi connectivity index (χ4n) is 3.12. The molecule has 0 unspecified atom stereocenters. The van der Waals surface area contributed by atoms with Gasteiger partial charge in [-0.1, -0.05) is 6.07 Å². The molecule has 1 aliphatic rings. The highest BCUT2D eigenvalue weighted by Crippen LogP contribution is 2.19. The van der Waals surface area contributed by atoms with Crippen molar-refractivity contribution >= 4 is 11.6 Å². The van der Waals surface area contributed by atoms with Crippen molar-refractivity contribution in [1.82, 2.24) is 14.3 Å². The molecule has 0 spiro atoms. The highest BCUT2D eigenvalue weighted by molar-refractivity contribution is 5.79. The van der Waals surface area contributed by atoms with Crippen LogP contribution in [-0.2, 0) is 16.0 Å². The molecular weight excluding hydrogens is 266 g/mol. The Balaban J connectivity index is 1.79. The molecule has 112 valence electrons. The van der Waals surface area contributed by atoms with E-state index in [4.69, 9.17) is 4.74 Å². The number of carbonyl (C=O) groups is 1. The molecule has 0 aromatic carbocycles. The van der Waals surface area contributed by atoms with Gasteiger partial charge in [-0.05, 0) is 31.4 Å². The molecule has 0 N–H and O–H groups in total. The van der Waals surface area contributed by atoms with Crippen molar-refractivity contribution in [3.63, 3.8) is 0 Å². The first-order chi connectivity index (χ1) is 10.2. The SMILES string of the molecule is COC[C@H]1CCCN1C(=O)Cc1cnc2c(C)cccn12. The van der Waals surface area contributed by atoms with Gasteiger partial charge >= 0.3 is 0 Å². The number of rotatable bonds is 4. The Labute approximate surface area is 124 Å². The van der Waals surface area contributed by atoms with Gasteiger partial charge in [-0.15, -0.1) is 0 Å². The summed E-state index contributed by atoms with van der Waals surface area (Å²) in [5, 5.41) is 0. The first kappa shape index (κ1) is 14.1. The molecule has 1 saturated heterocycles. The van der Waals surface area contributed by atoms with Crippen molar-refractivity contribution in [2.45, 2.75) is 32.2 Å². The number of aryl methyl sites for hydroxylation is 1.